The van der Waals surface area contributed by atoms with Crippen LogP contribution in [-0.4, -0.2) is 31.4 Å². The number of carbonyl (C=O) groups excluding carboxylic acids is 1. The molecule has 0 aromatic carbocycles. The first-order valence-corrected chi connectivity index (χ1v) is 5.20. The summed E-state index contributed by atoms with van der Waals surface area (Å²) in [5.74, 6) is 0.358. The second-order valence-electron chi connectivity index (χ2n) is 3.38. The lowest BCUT2D eigenvalue weighted by atomic mass is 10.3. The van der Waals surface area contributed by atoms with Crippen LogP contribution in [0, 0.1) is 13.8 Å². The van der Waals surface area contributed by atoms with Gasteiger partial charge in [-0.1, -0.05) is 0 Å². The third-order valence-electron chi connectivity index (χ3n) is 2.07. The van der Waals surface area contributed by atoms with Gasteiger partial charge in [0.15, 0.2) is 0 Å². The van der Waals surface area contributed by atoms with Crippen molar-refractivity contribution in [3.8, 4) is 0 Å². The first kappa shape index (κ1) is 10.8. The number of halogens is 1. The van der Waals surface area contributed by atoms with E-state index in [1.807, 2.05) is 19.9 Å². The quantitative estimate of drug-likeness (QED) is 0.791. The highest BCUT2D eigenvalue weighted by Gasteiger charge is 2.11. The zero-order chi connectivity index (χ0) is 11.7. The SMILES string of the molecule is Cc1cc(C)n2c(NC(=O)CCl)nnc2n1. The van der Waals surface area contributed by atoms with Crippen molar-refractivity contribution in [1.82, 2.24) is 19.6 Å². The molecule has 2 rings (SSSR count). The van der Waals surface area contributed by atoms with Crippen molar-refractivity contribution < 1.29 is 4.79 Å². The van der Waals surface area contributed by atoms with Crippen LogP contribution >= 0.6 is 11.6 Å². The third-order valence-corrected chi connectivity index (χ3v) is 2.31. The van der Waals surface area contributed by atoms with Crippen molar-refractivity contribution in [3.63, 3.8) is 0 Å². The minimum atomic E-state index is -0.323. The Hall–Kier alpha value is -1.69. The highest BCUT2D eigenvalue weighted by Crippen LogP contribution is 2.11. The van der Waals surface area contributed by atoms with Gasteiger partial charge in [0.2, 0.25) is 11.9 Å². The molecule has 2 aromatic rings. The Balaban J connectivity index is 2.52. The third kappa shape index (κ3) is 1.83. The molecule has 7 heteroatoms. The van der Waals surface area contributed by atoms with Crippen LogP contribution in [0.15, 0.2) is 6.07 Å². The summed E-state index contributed by atoms with van der Waals surface area (Å²) in [6, 6.07) is 1.88. The van der Waals surface area contributed by atoms with Gasteiger partial charge in [-0.05, 0) is 19.9 Å². The number of hydrogen-bond donors (Lipinski definition) is 1. The van der Waals surface area contributed by atoms with Crippen LogP contribution in [0.25, 0.3) is 5.78 Å². The Labute approximate surface area is 96.7 Å². The zero-order valence-corrected chi connectivity index (χ0v) is 9.62. The number of aryl methyl sites for hydroxylation is 2. The lowest BCUT2D eigenvalue weighted by Crippen LogP contribution is -2.15. The number of anilines is 1. The Bertz CT molecular complexity index is 550. The van der Waals surface area contributed by atoms with Crippen LogP contribution in [0.5, 0.6) is 0 Å². The molecule has 0 atom stereocenters. The van der Waals surface area contributed by atoms with E-state index in [9.17, 15) is 4.79 Å². The van der Waals surface area contributed by atoms with Crippen LogP contribution in [-0.2, 0) is 4.79 Å². The van der Waals surface area contributed by atoms with Crippen LogP contribution < -0.4 is 5.32 Å². The van der Waals surface area contributed by atoms with Gasteiger partial charge in [-0.15, -0.1) is 21.8 Å². The standard InChI is InChI=1S/C9H10ClN5O/c1-5-3-6(2)15-8(11-5)13-14-9(15)12-7(16)4-10/h3H,4H2,1-2H3,(H,12,14,16). The number of amides is 1. The van der Waals surface area contributed by atoms with E-state index < -0.39 is 0 Å². The lowest BCUT2D eigenvalue weighted by Gasteiger charge is -2.04. The molecule has 2 heterocycles. The van der Waals surface area contributed by atoms with Gasteiger partial charge >= 0.3 is 0 Å². The summed E-state index contributed by atoms with van der Waals surface area (Å²) in [4.78, 5) is 15.4. The lowest BCUT2D eigenvalue weighted by molar-refractivity contribution is -0.114. The van der Waals surface area contributed by atoms with Crippen LogP contribution in [0.3, 0.4) is 0 Å². The molecule has 0 aliphatic rings. The molecule has 6 nitrogen and oxygen atoms in total. The van der Waals surface area contributed by atoms with E-state index in [1.165, 1.54) is 0 Å². The number of rotatable bonds is 2. The minimum absolute atomic E-state index is 0.118. The normalized spacial score (nSPS) is 10.7. The average molecular weight is 240 g/mol. The fraction of sp³-hybridized carbons (Fsp3) is 0.333. The molecule has 0 saturated heterocycles. The zero-order valence-electron chi connectivity index (χ0n) is 8.86. The first-order valence-electron chi connectivity index (χ1n) is 4.67. The van der Waals surface area contributed by atoms with Gasteiger partial charge in [0, 0.05) is 11.4 Å². The van der Waals surface area contributed by atoms with Crippen molar-refractivity contribution in [2.75, 3.05) is 11.2 Å². The van der Waals surface area contributed by atoms with Gasteiger partial charge in [-0.25, -0.2) is 9.38 Å². The molecule has 2 aromatic heterocycles. The molecule has 0 saturated carbocycles. The molecular weight excluding hydrogens is 230 g/mol. The molecule has 0 bridgehead atoms. The molecular formula is C9H10ClN5O. The number of carbonyl (C=O) groups is 1. The predicted molar refractivity (Wildman–Crippen MR) is 59.6 cm³/mol. The van der Waals surface area contributed by atoms with E-state index in [0.717, 1.165) is 11.4 Å². The highest BCUT2D eigenvalue weighted by molar-refractivity contribution is 6.28. The highest BCUT2D eigenvalue weighted by atomic mass is 35.5. The number of aromatic nitrogens is 4. The second-order valence-corrected chi connectivity index (χ2v) is 3.65. The van der Waals surface area contributed by atoms with Gasteiger partial charge in [-0.2, -0.15) is 0 Å². The Kier molecular flexibility index (Phi) is 2.74. The summed E-state index contributed by atoms with van der Waals surface area (Å²) in [7, 11) is 0. The topological polar surface area (TPSA) is 72.2 Å². The monoisotopic (exact) mass is 239 g/mol. The maximum atomic E-state index is 11.2. The summed E-state index contributed by atoms with van der Waals surface area (Å²) < 4.78 is 1.66. The van der Waals surface area contributed by atoms with Gasteiger partial charge in [-0.3, -0.25) is 10.1 Å². The molecule has 0 aliphatic heterocycles. The smallest absolute Gasteiger partial charge is 0.256 e. The maximum Gasteiger partial charge on any atom is 0.256 e. The Morgan fingerprint density at radius 3 is 2.94 bits per heavy atom. The summed E-state index contributed by atoms with van der Waals surface area (Å²) in [6.07, 6.45) is 0. The number of fused-ring (bicyclic) bond motifs is 1. The van der Waals surface area contributed by atoms with Crippen molar-refractivity contribution in [2.24, 2.45) is 0 Å². The van der Waals surface area contributed by atoms with Gasteiger partial charge in [0.1, 0.15) is 5.88 Å². The summed E-state index contributed by atoms with van der Waals surface area (Å²) in [5.41, 5.74) is 1.75. The molecule has 84 valence electrons. The summed E-state index contributed by atoms with van der Waals surface area (Å²) in [6.45, 7) is 3.76. The number of alkyl halides is 1. The molecule has 1 N–H and O–H groups in total. The number of hydrogen-bond acceptors (Lipinski definition) is 4. The maximum absolute atomic E-state index is 11.2. The molecule has 16 heavy (non-hydrogen) atoms. The van der Waals surface area contributed by atoms with E-state index in [2.05, 4.69) is 20.5 Å². The number of nitrogens with zero attached hydrogens (tertiary/aromatic N) is 4. The Morgan fingerprint density at radius 1 is 1.50 bits per heavy atom. The minimum Gasteiger partial charge on any atom is -0.293 e. The van der Waals surface area contributed by atoms with Gasteiger partial charge in [0.05, 0.1) is 0 Å². The van der Waals surface area contributed by atoms with Crippen LogP contribution in [0.1, 0.15) is 11.4 Å². The van der Waals surface area contributed by atoms with Crippen LogP contribution in [0.4, 0.5) is 5.95 Å². The summed E-state index contributed by atoms with van der Waals surface area (Å²) >= 11 is 5.40. The van der Waals surface area contributed by atoms with E-state index in [1.54, 1.807) is 4.40 Å². The van der Waals surface area contributed by atoms with Crippen molar-refractivity contribution in [3.05, 3.63) is 17.5 Å². The molecule has 1 amide bonds. The number of nitrogens with one attached hydrogen (secondary N) is 1. The van der Waals surface area contributed by atoms with Gasteiger partial charge < -0.3 is 0 Å². The fourth-order valence-corrected chi connectivity index (χ4v) is 1.54. The average Bonchev–Trinajstić information content (AvgIpc) is 2.61. The molecule has 0 unspecified atom stereocenters. The van der Waals surface area contributed by atoms with Crippen molar-refractivity contribution in [2.45, 2.75) is 13.8 Å². The Morgan fingerprint density at radius 2 is 2.25 bits per heavy atom. The van der Waals surface area contributed by atoms with Crippen molar-refractivity contribution in [1.29, 1.82) is 0 Å². The van der Waals surface area contributed by atoms with E-state index in [-0.39, 0.29) is 11.8 Å². The largest absolute Gasteiger partial charge is 0.293 e. The van der Waals surface area contributed by atoms with Gasteiger partial charge in [0.25, 0.3) is 5.78 Å². The van der Waals surface area contributed by atoms with E-state index in [4.69, 9.17) is 11.6 Å². The predicted octanol–water partition coefficient (Wildman–Crippen LogP) is 0.918. The fourth-order valence-electron chi connectivity index (χ4n) is 1.47. The van der Waals surface area contributed by atoms with Crippen LogP contribution in [0.2, 0.25) is 0 Å². The summed E-state index contributed by atoms with van der Waals surface area (Å²) in [5, 5.41) is 10.3. The first-order chi connectivity index (χ1) is 7.61. The molecule has 0 radical (unpaired) electrons. The molecule has 0 fully saturated rings. The van der Waals surface area contributed by atoms with E-state index >= 15 is 0 Å². The second kappa shape index (κ2) is 4.05. The molecule has 0 aliphatic carbocycles. The van der Waals surface area contributed by atoms with E-state index in [0.29, 0.717) is 11.7 Å². The van der Waals surface area contributed by atoms with Crippen molar-refractivity contribution >= 4 is 29.2 Å². The molecule has 0 spiro atoms.